The lowest BCUT2D eigenvalue weighted by atomic mass is 10.0. The fraction of sp³-hybridized carbons (Fsp3) is 0.562. The second-order valence-corrected chi connectivity index (χ2v) is 5.90. The maximum Gasteiger partial charge on any atom is 0.241 e. The first-order chi connectivity index (χ1) is 11.4. The first-order valence-corrected chi connectivity index (χ1v) is 8.10. The van der Waals surface area contributed by atoms with Crippen LogP contribution in [0.3, 0.4) is 0 Å². The summed E-state index contributed by atoms with van der Waals surface area (Å²) >= 11 is 0. The fourth-order valence-corrected chi connectivity index (χ4v) is 3.23. The predicted octanol–water partition coefficient (Wildman–Crippen LogP) is 1.86. The van der Waals surface area contributed by atoms with Gasteiger partial charge >= 0.3 is 0 Å². The summed E-state index contributed by atoms with van der Waals surface area (Å²) in [6, 6.07) is 4.05. The second-order valence-electron chi connectivity index (χ2n) is 5.90. The number of hydrogen-bond acceptors (Lipinski definition) is 7. The van der Waals surface area contributed by atoms with Crippen LogP contribution >= 0.6 is 0 Å². The molecule has 0 aliphatic carbocycles. The molecular weight excluding hydrogens is 296 g/mol. The molecule has 23 heavy (non-hydrogen) atoms. The van der Waals surface area contributed by atoms with Gasteiger partial charge in [0.05, 0.1) is 25.8 Å². The van der Waals surface area contributed by atoms with Crippen LogP contribution < -0.4 is 0 Å². The van der Waals surface area contributed by atoms with Gasteiger partial charge in [-0.15, -0.1) is 0 Å². The van der Waals surface area contributed by atoms with Gasteiger partial charge in [-0.25, -0.2) is 0 Å². The molecule has 0 bridgehead atoms. The smallest absolute Gasteiger partial charge is 0.241 e. The summed E-state index contributed by atoms with van der Waals surface area (Å²) < 4.78 is 16.8. The molecule has 0 amide bonds. The zero-order valence-corrected chi connectivity index (χ0v) is 12.9. The van der Waals surface area contributed by atoms with Crippen molar-refractivity contribution in [2.75, 3.05) is 19.8 Å². The minimum absolute atomic E-state index is 0.129. The highest BCUT2D eigenvalue weighted by Crippen LogP contribution is 2.26. The van der Waals surface area contributed by atoms with Gasteiger partial charge in [0.15, 0.2) is 6.29 Å². The quantitative estimate of drug-likeness (QED) is 0.852. The maximum absolute atomic E-state index is 5.70. The van der Waals surface area contributed by atoms with Crippen molar-refractivity contribution in [1.29, 1.82) is 0 Å². The third kappa shape index (κ3) is 3.26. The number of piperidine rings is 1. The molecular formula is C16H20N4O3. The number of rotatable bonds is 4. The summed E-state index contributed by atoms with van der Waals surface area (Å²) in [4.78, 5) is 10.9. The minimum atomic E-state index is -0.129. The van der Waals surface area contributed by atoms with Crippen molar-refractivity contribution >= 4 is 0 Å². The van der Waals surface area contributed by atoms with E-state index in [2.05, 4.69) is 20.0 Å². The Morgan fingerprint density at radius 2 is 2.13 bits per heavy atom. The molecule has 4 rings (SSSR count). The van der Waals surface area contributed by atoms with Crippen LogP contribution in [0.5, 0.6) is 0 Å². The van der Waals surface area contributed by atoms with Gasteiger partial charge in [0.25, 0.3) is 0 Å². The zero-order valence-electron chi connectivity index (χ0n) is 12.9. The molecule has 122 valence electrons. The monoisotopic (exact) mass is 316 g/mol. The Morgan fingerprint density at radius 1 is 1.22 bits per heavy atom. The van der Waals surface area contributed by atoms with E-state index in [9.17, 15) is 0 Å². The van der Waals surface area contributed by atoms with Gasteiger partial charge in [-0.3, -0.25) is 9.88 Å². The first kappa shape index (κ1) is 14.7. The van der Waals surface area contributed by atoms with Crippen LogP contribution in [0.2, 0.25) is 0 Å². The van der Waals surface area contributed by atoms with Crippen molar-refractivity contribution in [2.45, 2.75) is 38.1 Å². The van der Waals surface area contributed by atoms with Crippen molar-refractivity contribution in [3.05, 3.63) is 30.4 Å². The van der Waals surface area contributed by atoms with Crippen LogP contribution in [0.15, 0.2) is 29.0 Å². The predicted molar refractivity (Wildman–Crippen MR) is 81.3 cm³/mol. The molecule has 2 aliphatic rings. The Hall–Kier alpha value is -1.83. The summed E-state index contributed by atoms with van der Waals surface area (Å²) in [6.45, 7) is 2.99. The molecule has 0 aromatic carbocycles. The largest absolute Gasteiger partial charge is 0.349 e. The second kappa shape index (κ2) is 6.74. The van der Waals surface area contributed by atoms with E-state index in [0.29, 0.717) is 31.5 Å². The van der Waals surface area contributed by atoms with E-state index in [1.807, 2.05) is 12.1 Å². The highest BCUT2D eigenvalue weighted by Gasteiger charge is 2.34. The average molecular weight is 316 g/mol. The van der Waals surface area contributed by atoms with Crippen molar-refractivity contribution in [3.63, 3.8) is 0 Å². The van der Waals surface area contributed by atoms with E-state index in [0.717, 1.165) is 18.5 Å². The molecule has 0 spiro atoms. The Bertz CT molecular complexity index is 627. The van der Waals surface area contributed by atoms with Crippen molar-refractivity contribution < 1.29 is 14.0 Å². The number of likely N-dealkylation sites (tertiary alicyclic amines) is 1. The van der Waals surface area contributed by atoms with E-state index in [1.165, 1.54) is 12.8 Å². The SMILES string of the molecule is c1cncc(-c2noc(CN3CCCC[C@H]3C3OCCO3)n2)c1. The molecule has 2 aromatic heterocycles. The van der Waals surface area contributed by atoms with Crippen molar-refractivity contribution in [3.8, 4) is 11.4 Å². The van der Waals surface area contributed by atoms with E-state index >= 15 is 0 Å². The number of nitrogens with zero attached hydrogens (tertiary/aromatic N) is 4. The molecule has 1 atom stereocenters. The summed E-state index contributed by atoms with van der Waals surface area (Å²) in [5.74, 6) is 1.20. The van der Waals surface area contributed by atoms with Crippen LogP contribution in [0.4, 0.5) is 0 Å². The Morgan fingerprint density at radius 3 is 2.96 bits per heavy atom. The molecule has 0 radical (unpaired) electrons. The molecule has 0 unspecified atom stereocenters. The number of ether oxygens (including phenoxy) is 2. The average Bonchev–Trinajstić information content (AvgIpc) is 3.28. The van der Waals surface area contributed by atoms with E-state index < -0.39 is 0 Å². The Kier molecular flexibility index (Phi) is 4.32. The van der Waals surface area contributed by atoms with Gasteiger partial charge in [-0.1, -0.05) is 11.6 Å². The fourth-order valence-electron chi connectivity index (χ4n) is 3.23. The third-order valence-electron chi connectivity index (χ3n) is 4.35. The highest BCUT2D eigenvalue weighted by molar-refractivity contribution is 5.51. The lowest BCUT2D eigenvalue weighted by Gasteiger charge is -2.36. The van der Waals surface area contributed by atoms with Gasteiger partial charge in [-0.2, -0.15) is 4.98 Å². The Labute approximate surface area is 134 Å². The van der Waals surface area contributed by atoms with Crippen LogP contribution in [0.25, 0.3) is 11.4 Å². The summed E-state index contributed by atoms with van der Waals surface area (Å²) in [7, 11) is 0. The lowest BCUT2D eigenvalue weighted by Crippen LogP contribution is -2.46. The van der Waals surface area contributed by atoms with Gasteiger partial charge in [0, 0.05) is 18.0 Å². The standard InChI is InChI=1S/C16H20N4O3/c1-2-7-20(13(5-1)16-21-8-9-22-16)11-14-18-15(19-23-14)12-4-3-6-17-10-12/h3-4,6,10,13,16H,1-2,5,7-9,11H2/t13-/m0/s1. The van der Waals surface area contributed by atoms with Gasteiger partial charge in [-0.05, 0) is 31.5 Å². The van der Waals surface area contributed by atoms with Crippen LogP contribution in [0, 0.1) is 0 Å². The van der Waals surface area contributed by atoms with Crippen LogP contribution in [-0.2, 0) is 16.0 Å². The third-order valence-corrected chi connectivity index (χ3v) is 4.35. The van der Waals surface area contributed by atoms with Gasteiger partial charge in [0.2, 0.25) is 11.7 Å². The molecule has 7 heteroatoms. The molecule has 2 aliphatic heterocycles. The number of pyridine rings is 1. The number of hydrogen-bond donors (Lipinski definition) is 0. The van der Waals surface area contributed by atoms with E-state index in [4.69, 9.17) is 14.0 Å². The lowest BCUT2D eigenvalue weighted by molar-refractivity contribution is -0.112. The molecule has 7 nitrogen and oxygen atoms in total. The van der Waals surface area contributed by atoms with E-state index in [-0.39, 0.29) is 12.3 Å². The highest BCUT2D eigenvalue weighted by atomic mass is 16.7. The zero-order chi connectivity index (χ0) is 15.5. The summed E-state index contributed by atoms with van der Waals surface area (Å²) in [5, 5.41) is 4.06. The van der Waals surface area contributed by atoms with Crippen molar-refractivity contribution in [2.24, 2.45) is 0 Å². The first-order valence-electron chi connectivity index (χ1n) is 8.10. The normalized spacial score (nSPS) is 23.4. The van der Waals surface area contributed by atoms with Crippen LogP contribution in [0.1, 0.15) is 25.2 Å². The number of aromatic nitrogens is 3. The maximum atomic E-state index is 5.70. The minimum Gasteiger partial charge on any atom is -0.349 e. The Balaban J connectivity index is 1.47. The van der Waals surface area contributed by atoms with Gasteiger partial charge in [0.1, 0.15) is 0 Å². The van der Waals surface area contributed by atoms with E-state index in [1.54, 1.807) is 12.4 Å². The van der Waals surface area contributed by atoms with Crippen molar-refractivity contribution in [1.82, 2.24) is 20.0 Å². The topological polar surface area (TPSA) is 73.5 Å². The molecule has 2 saturated heterocycles. The molecule has 2 fully saturated rings. The van der Waals surface area contributed by atoms with Gasteiger partial charge < -0.3 is 14.0 Å². The molecule has 0 saturated carbocycles. The molecule has 0 N–H and O–H groups in total. The molecule has 4 heterocycles. The molecule has 2 aromatic rings. The summed E-state index contributed by atoms with van der Waals surface area (Å²) in [6.07, 6.45) is 6.79. The summed E-state index contributed by atoms with van der Waals surface area (Å²) in [5.41, 5.74) is 0.861. The van der Waals surface area contributed by atoms with Crippen LogP contribution in [-0.4, -0.2) is 52.1 Å².